The van der Waals surface area contributed by atoms with Gasteiger partial charge in [0, 0.05) is 26.6 Å². The van der Waals surface area contributed by atoms with E-state index in [1.54, 1.807) is 11.9 Å². The number of amides is 2. The Morgan fingerprint density at radius 2 is 1.94 bits per heavy atom. The molecule has 5 heteroatoms. The molecule has 0 fully saturated rings. The van der Waals surface area contributed by atoms with Crippen molar-refractivity contribution in [2.75, 3.05) is 20.1 Å². The molecule has 0 atom stereocenters. The highest BCUT2D eigenvalue weighted by atomic mass is 16.4. The Labute approximate surface area is 102 Å². The van der Waals surface area contributed by atoms with Crippen molar-refractivity contribution in [1.29, 1.82) is 0 Å². The second kappa shape index (κ2) is 8.61. The molecule has 0 aromatic carbocycles. The molecule has 0 aromatic rings. The van der Waals surface area contributed by atoms with Crippen molar-refractivity contribution in [3.63, 3.8) is 0 Å². The maximum Gasteiger partial charge on any atom is 0.317 e. The summed E-state index contributed by atoms with van der Waals surface area (Å²) in [4.78, 5) is 23.3. The van der Waals surface area contributed by atoms with Gasteiger partial charge in [0.05, 0.1) is 0 Å². The summed E-state index contributed by atoms with van der Waals surface area (Å²) >= 11 is 0. The zero-order valence-electron chi connectivity index (χ0n) is 10.7. The van der Waals surface area contributed by atoms with E-state index in [0.717, 1.165) is 18.4 Å². The van der Waals surface area contributed by atoms with Crippen LogP contribution < -0.4 is 5.32 Å². The lowest BCUT2D eigenvalue weighted by atomic mass is 10.2. The summed E-state index contributed by atoms with van der Waals surface area (Å²) in [5.74, 6) is -0.768. The van der Waals surface area contributed by atoms with Gasteiger partial charge in [-0.25, -0.2) is 4.79 Å². The molecule has 98 valence electrons. The summed E-state index contributed by atoms with van der Waals surface area (Å²) in [5, 5.41) is 11.2. The van der Waals surface area contributed by atoms with Gasteiger partial charge in [-0.1, -0.05) is 18.6 Å². The monoisotopic (exact) mass is 242 g/mol. The van der Waals surface area contributed by atoms with Crippen LogP contribution in [0.25, 0.3) is 0 Å². The fourth-order valence-electron chi connectivity index (χ4n) is 1.38. The summed E-state index contributed by atoms with van der Waals surface area (Å²) in [5.41, 5.74) is 0.934. The third kappa shape index (κ3) is 9.41. The standard InChI is InChI=1S/C12H22N2O3/c1-10(2)9-14(3)12(17)13-8-6-4-5-7-11(15)16/h1,4-9H2,2-3H3,(H,13,17)(H,15,16). The van der Waals surface area contributed by atoms with Gasteiger partial charge in [-0.05, 0) is 19.8 Å². The van der Waals surface area contributed by atoms with Gasteiger partial charge in [0.25, 0.3) is 0 Å². The average molecular weight is 242 g/mol. The first-order chi connectivity index (χ1) is 7.93. The Morgan fingerprint density at radius 3 is 2.47 bits per heavy atom. The quantitative estimate of drug-likeness (QED) is 0.504. The van der Waals surface area contributed by atoms with Crippen LogP contribution >= 0.6 is 0 Å². The van der Waals surface area contributed by atoms with Gasteiger partial charge in [0.1, 0.15) is 0 Å². The van der Waals surface area contributed by atoms with Crippen LogP contribution in [0.2, 0.25) is 0 Å². The molecule has 0 saturated carbocycles. The van der Waals surface area contributed by atoms with Crippen molar-refractivity contribution in [2.45, 2.75) is 32.6 Å². The van der Waals surface area contributed by atoms with Crippen molar-refractivity contribution in [3.05, 3.63) is 12.2 Å². The molecule has 2 amide bonds. The fraction of sp³-hybridized carbons (Fsp3) is 0.667. The topological polar surface area (TPSA) is 69.6 Å². The molecule has 5 nitrogen and oxygen atoms in total. The van der Waals surface area contributed by atoms with Crippen molar-refractivity contribution < 1.29 is 14.7 Å². The number of nitrogens with one attached hydrogen (secondary N) is 1. The third-order valence-electron chi connectivity index (χ3n) is 2.20. The number of carbonyl (C=O) groups is 2. The molecular formula is C12H22N2O3. The Kier molecular flexibility index (Phi) is 7.84. The molecular weight excluding hydrogens is 220 g/mol. The van der Waals surface area contributed by atoms with Crippen LogP contribution in [0.15, 0.2) is 12.2 Å². The molecule has 0 heterocycles. The maximum atomic E-state index is 11.5. The van der Waals surface area contributed by atoms with E-state index in [2.05, 4.69) is 11.9 Å². The van der Waals surface area contributed by atoms with Gasteiger partial charge < -0.3 is 15.3 Å². The molecule has 0 spiro atoms. The second-order valence-corrected chi connectivity index (χ2v) is 4.25. The number of carboxylic acids is 1. The number of carbonyl (C=O) groups excluding carboxylic acids is 1. The lowest BCUT2D eigenvalue weighted by molar-refractivity contribution is -0.137. The zero-order valence-corrected chi connectivity index (χ0v) is 10.7. The van der Waals surface area contributed by atoms with E-state index in [9.17, 15) is 9.59 Å². The number of hydrogen-bond donors (Lipinski definition) is 2. The van der Waals surface area contributed by atoms with Gasteiger partial charge >= 0.3 is 12.0 Å². The third-order valence-corrected chi connectivity index (χ3v) is 2.20. The molecule has 0 aliphatic rings. The summed E-state index contributed by atoms with van der Waals surface area (Å²) in [6.07, 6.45) is 2.48. The highest BCUT2D eigenvalue weighted by molar-refractivity contribution is 5.74. The molecule has 0 aliphatic carbocycles. The average Bonchev–Trinajstić information content (AvgIpc) is 2.21. The summed E-state index contributed by atoms with van der Waals surface area (Å²) in [7, 11) is 1.72. The van der Waals surface area contributed by atoms with Crippen LogP contribution in [0.3, 0.4) is 0 Å². The first kappa shape index (κ1) is 15.5. The first-order valence-electron chi connectivity index (χ1n) is 5.78. The molecule has 0 radical (unpaired) electrons. The predicted octanol–water partition coefficient (Wildman–Crippen LogP) is 1.85. The SMILES string of the molecule is C=C(C)CN(C)C(=O)NCCCCCC(=O)O. The Bertz CT molecular complexity index is 277. The summed E-state index contributed by atoms with van der Waals surface area (Å²) in [6.45, 7) is 6.74. The van der Waals surface area contributed by atoms with Crippen molar-refractivity contribution in [1.82, 2.24) is 10.2 Å². The molecule has 2 N–H and O–H groups in total. The van der Waals surface area contributed by atoms with E-state index in [0.29, 0.717) is 19.5 Å². The van der Waals surface area contributed by atoms with Crippen LogP contribution in [0.5, 0.6) is 0 Å². The Hall–Kier alpha value is -1.52. The number of aliphatic carboxylic acids is 1. The minimum absolute atomic E-state index is 0.119. The number of likely N-dealkylation sites (N-methyl/N-ethyl adjacent to an activating group) is 1. The van der Waals surface area contributed by atoms with E-state index in [1.807, 2.05) is 6.92 Å². The minimum atomic E-state index is -0.768. The van der Waals surface area contributed by atoms with E-state index in [4.69, 9.17) is 5.11 Å². The normalized spacial score (nSPS) is 9.76. The maximum absolute atomic E-state index is 11.5. The van der Waals surface area contributed by atoms with E-state index < -0.39 is 5.97 Å². The summed E-state index contributed by atoms with van der Waals surface area (Å²) < 4.78 is 0. The van der Waals surface area contributed by atoms with Crippen molar-refractivity contribution in [3.8, 4) is 0 Å². The highest BCUT2D eigenvalue weighted by Gasteiger charge is 2.06. The van der Waals surface area contributed by atoms with Crippen LogP contribution in [0, 0.1) is 0 Å². The van der Waals surface area contributed by atoms with Gasteiger partial charge in [0.15, 0.2) is 0 Å². The summed E-state index contributed by atoms with van der Waals surface area (Å²) in [6, 6.07) is -0.119. The van der Waals surface area contributed by atoms with Crippen LogP contribution in [0.1, 0.15) is 32.6 Å². The van der Waals surface area contributed by atoms with E-state index in [-0.39, 0.29) is 12.5 Å². The van der Waals surface area contributed by atoms with Gasteiger partial charge in [-0.3, -0.25) is 4.79 Å². The number of urea groups is 1. The van der Waals surface area contributed by atoms with Crippen molar-refractivity contribution >= 4 is 12.0 Å². The smallest absolute Gasteiger partial charge is 0.317 e. The molecule has 0 bridgehead atoms. The fourth-order valence-corrected chi connectivity index (χ4v) is 1.38. The first-order valence-corrected chi connectivity index (χ1v) is 5.78. The molecule has 0 aromatic heterocycles. The zero-order chi connectivity index (χ0) is 13.3. The van der Waals surface area contributed by atoms with E-state index >= 15 is 0 Å². The number of unbranched alkanes of at least 4 members (excludes halogenated alkanes) is 2. The van der Waals surface area contributed by atoms with Crippen LogP contribution in [-0.2, 0) is 4.79 Å². The van der Waals surface area contributed by atoms with Gasteiger partial charge in [0.2, 0.25) is 0 Å². The highest BCUT2D eigenvalue weighted by Crippen LogP contribution is 1.99. The number of hydrogen-bond acceptors (Lipinski definition) is 2. The lowest BCUT2D eigenvalue weighted by Gasteiger charge is -2.17. The van der Waals surface area contributed by atoms with Crippen molar-refractivity contribution in [2.24, 2.45) is 0 Å². The largest absolute Gasteiger partial charge is 0.481 e. The molecule has 0 unspecified atom stereocenters. The lowest BCUT2D eigenvalue weighted by Crippen LogP contribution is -2.38. The molecule has 0 saturated heterocycles. The Balaban J connectivity index is 3.51. The van der Waals surface area contributed by atoms with Crippen LogP contribution in [0.4, 0.5) is 4.79 Å². The second-order valence-electron chi connectivity index (χ2n) is 4.25. The van der Waals surface area contributed by atoms with Gasteiger partial charge in [-0.15, -0.1) is 0 Å². The number of carboxylic acid groups (broad SMARTS) is 1. The molecule has 0 aliphatic heterocycles. The van der Waals surface area contributed by atoms with E-state index in [1.165, 1.54) is 0 Å². The molecule has 0 rings (SSSR count). The van der Waals surface area contributed by atoms with Gasteiger partial charge in [-0.2, -0.15) is 0 Å². The number of nitrogens with zero attached hydrogens (tertiary/aromatic N) is 1. The van der Waals surface area contributed by atoms with Crippen LogP contribution in [-0.4, -0.2) is 42.1 Å². The number of rotatable bonds is 8. The Morgan fingerprint density at radius 1 is 1.29 bits per heavy atom. The predicted molar refractivity (Wildman–Crippen MR) is 66.9 cm³/mol. The minimum Gasteiger partial charge on any atom is -0.481 e. The molecule has 17 heavy (non-hydrogen) atoms.